The molecule has 0 aliphatic heterocycles. The minimum Gasteiger partial charge on any atom is -0.469 e. The summed E-state index contributed by atoms with van der Waals surface area (Å²) in [6.07, 6.45) is 0.0136. The van der Waals surface area contributed by atoms with Crippen molar-refractivity contribution in [2.45, 2.75) is 12.8 Å². The maximum atomic E-state index is 11.9. The summed E-state index contributed by atoms with van der Waals surface area (Å²) in [5, 5.41) is 4.09. The molecule has 116 valence electrons. The molecule has 0 atom stereocenters. The Kier molecular flexibility index (Phi) is 4.24. The van der Waals surface area contributed by atoms with Crippen LogP contribution in [0.25, 0.3) is 21.5 Å². The van der Waals surface area contributed by atoms with Gasteiger partial charge < -0.3 is 9.47 Å². The van der Waals surface area contributed by atoms with Gasteiger partial charge in [0.15, 0.2) is 0 Å². The van der Waals surface area contributed by atoms with Gasteiger partial charge in [-0.25, -0.2) is 0 Å². The van der Waals surface area contributed by atoms with Crippen molar-refractivity contribution in [1.82, 2.24) is 0 Å². The molecule has 0 saturated carbocycles. The molecule has 4 heteroatoms. The normalized spacial score (nSPS) is 10.7. The van der Waals surface area contributed by atoms with E-state index in [0.717, 1.165) is 21.5 Å². The van der Waals surface area contributed by atoms with Crippen LogP contribution in [0, 0.1) is 0 Å². The van der Waals surface area contributed by atoms with E-state index in [-0.39, 0.29) is 12.8 Å². The quantitative estimate of drug-likeness (QED) is 0.417. The Morgan fingerprint density at radius 3 is 2.22 bits per heavy atom. The van der Waals surface area contributed by atoms with Crippen molar-refractivity contribution in [3.63, 3.8) is 0 Å². The first-order chi connectivity index (χ1) is 11.2. The van der Waals surface area contributed by atoms with Gasteiger partial charge in [0.2, 0.25) is 0 Å². The largest absolute Gasteiger partial charge is 0.469 e. The lowest BCUT2D eigenvalue weighted by molar-refractivity contribution is -0.144. The molecule has 0 saturated heterocycles. The molecule has 0 bridgehead atoms. The summed E-state index contributed by atoms with van der Waals surface area (Å²) >= 11 is 0. The van der Waals surface area contributed by atoms with Crippen molar-refractivity contribution >= 4 is 33.5 Å². The summed E-state index contributed by atoms with van der Waals surface area (Å²) in [5.41, 5.74) is 0. The average molecular weight is 308 g/mol. The smallest absolute Gasteiger partial charge is 0.311 e. The zero-order chi connectivity index (χ0) is 16.2. The highest BCUT2D eigenvalue weighted by atomic mass is 16.5. The van der Waals surface area contributed by atoms with Crippen LogP contribution in [-0.4, -0.2) is 19.0 Å². The first kappa shape index (κ1) is 15.0. The van der Waals surface area contributed by atoms with E-state index in [9.17, 15) is 9.59 Å². The molecule has 3 rings (SSSR count). The van der Waals surface area contributed by atoms with E-state index in [4.69, 9.17) is 4.74 Å². The molecular formula is C19H16O4. The van der Waals surface area contributed by atoms with Crippen LogP contribution in [0.2, 0.25) is 0 Å². The zero-order valence-electron chi connectivity index (χ0n) is 12.7. The molecule has 0 unspecified atom stereocenters. The lowest BCUT2D eigenvalue weighted by Crippen LogP contribution is -2.11. The van der Waals surface area contributed by atoms with Crippen molar-refractivity contribution in [3.8, 4) is 5.75 Å². The van der Waals surface area contributed by atoms with E-state index in [0.29, 0.717) is 5.75 Å². The van der Waals surface area contributed by atoms with E-state index in [1.165, 1.54) is 7.11 Å². The fourth-order valence-electron chi connectivity index (χ4n) is 2.51. The Bertz CT molecular complexity index is 883. The SMILES string of the molecule is COC(=O)CCC(=O)Oc1cccc2cc3ccccc3cc12. The van der Waals surface area contributed by atoms with Gasteiger partial charge >= 0.3 is 11.9 Å². The van der Waals surface area contributed by atoms with Crippen LogP contribution in [0.4, 0.5) is 0 Å². The van der Waals surface area contributed by atoms with Gasteiger partial charge in [-0.2, -0.15) is 0 Å². The molecule has 0 radical (unpaired) electrons. The van der Waals surface area contributed by atoms with E-state index < -0.39 is 11.9 Å². The van der Waals surface area contributed by atoms with E-state index in [1.54, 1.807) is 6.07 Å². The van der Waals surface area contributed by atoms with Crippen molar-refractivity contribution in [2.24, 2.45) is 0 Å². The van der Waals surface area contributed by atoms with Gasteiger partial charge in [-0.05, 0) is 34.4 Å². The van der Waals surface area contributed by atoms with E-state index >= 15 is 0 Å². The van der Waals surface area contributed by atoms with Gasteiger partial charge in [0.25, 0.3) is 0 Å². The molecule has 0 N–H and O–H groups in total. The van der Waals surface area contributed by atoms with Gasteiger partial charge in [-0.3, -0.25) is 9.59 Å². The molecule has 0 aliphatic carbocycles. The van der Waals surface area contributed by atoms with Crippen molar-refractivity contribution in [3.05, 3.63) is 54.6 Å². The molecule has 0 aromatic heterocycles. The van der Waals surface area contributed by atoms with Crippen LogP contribution in [0.3, 0.4) is 0 Å². The second-order valence-corrected chi connectivity index (χ2v) is 5.23. The summed E-state index contributed by atoms with van der Waals surface area (Å²) < 4.78 is 9.95. The predicted octanol–water partition coefficient (Wildman–Crippen LogP) is 3.85. The average Bonchev–Trinajstić information content (AvgIpc) is 2.58. The first-order valence-corrected chi connectivity index (χ1v) is 7.36. The summed E-state index contributed by atoms with van der Waals surface area (Å²) in [6.45, 7) is 0. The zero-order valence-corrected chi connectivity index (χ0v) is 12.7. The Labute approximate surface area is 133 Å². The monoisotopic (exact) mass is 308 g/mol. The second kappa shape index (κ2) is 6.48. The Balaban J connectivity index is 1.90. The van der Waals surface area contributed by atoms with Crippen molar-refractivity contribution in [1.29, 1.82) is 0 Å². The molecule has 0 spiro atoms. The number of hydrogen-bond donors (Lipinski definition) is 0. The summed E-state index contributed by atoms with van der Waals surface area (Å²) in [7, 11) is 1.30. The molecule has 0 amide bonds. The molecule has 23 heavy (non-hydrogen) atoms. The number of benzene rings is 3. The van der Waals surface area contributed by atoms with Gasteiger partial charge in [0, 0.05) is 5.39 Å². The lowest BCUT2D eigenvalue weighted by Gasteiger charge is -2.09. The number of ether oxygens (including phenoxy) is 2. The standard InChI is InChI=1S/C19H16O4/c1-22-18(20)9-10-19(21)23-17-8-4-7-15-11-13-5-2-3-6-14(13)12-16(15)17/h2-8,11-12H,9-10H2,1H3. The molecule has 0 fully saturated rings. The van der Waals surface area contributed by atoms with Crippen LogP contribution in [0.15, 0.2) is 54.6 Å². The van der Waals surface area contributed by atoms with Crippen LogP contribution >= 0.6 is 0 Å². The number of carbonyl (C=O) groups excluding carboxylic acids is 2. The fraction of sp³-hybridized carbons (Fsp3) is 0.158. The second-order valence-electron chi connectivity index (χ2n) is 5.23. The number of fused-ring (bicyclic) bond motifs is 2. The molecule has 4 nitrogen and oxygen atoms in total. The van der Waals surface area contributed by atoms with Crippen molar-refractivity contribution < 1.29 is 19.1 Å². The third kappa shape index (κ3) is 3.31. The fourth-order valence-corrected chi connectivity index (χ4v) is 2.51. The predicted molar refractivity (Wildman–Crippen MR) is 88.3 cm³/mol. The van der Waals surface area contributed by atoms with Gasteiger partial charge in [0.1, 0.15) is 5.75 Å². The molecule has 3 aromatic rings. The molecular weight excluding hydrogens is 292 g/mol. The van der Waals surface area contributed by atoms with Crippen LogP contribution < -0.4 is 4.74 Å². The lowest BCUT2D eigenvalue weighted by atomic mass is 10.0. The van der Waals surface area contributed by atoms with E-state index in [1.807, 2.05) is 42.5 Å². The number of hydrogen-bond acceptors (Lipinski definition) is 4. The maximum absolute atomic E-state index is 11.9. The highest BCUT2D eigenvalue weighted by Gasteiger charge is 2.11. The molecule has 0 heterocycles. The third-order valence-electron chi connectivity index (χ3n) is 3.69. The minimum atomic E-state index is -0.448. The Morgan fingerprint density at radius 1 is 0.826 bits per heavy atom. The Hall–Kier alpha value is -2.88. The summed E-state index contributed by atoms with van der Waals surface area (Å²) in [6, 6.07) is 17.7. The van der Waals surface area contributed by atoms with Gasteiger partial charge in [0.05, 0.1) is 20.0 Å². The van der Waals surface area contributed by atoms with Crippen molar-refractivity contribution in [2.75, 3.05) is 7.11 Å². The highest BCUT2D eigenvalue weighted by molar-refractivity contribution is 6.01. The van der Waals surface area contributed by atoms with Crippen LogP contribution in [0.1, 0.15) is 12.8 Å². The first-order valence-electron chi connectivity index (χ1n) is 7.36. The van der Waals surface area contributed by atoms with Gasteiger partial charge in [-0.15, -0.1) is 0 Å². The topological polar surface area (TPSA) is 52.6 Å². The highest BCUT2D eigenvalue weighted by Crippen LogP contribution is 2.30. The number of rotatable bonds is 4. The third-order valence-corrected chi connectivity index (χ3v) is 3.69. The molecule has 3 aromatic carbocycles. The Morgan fingerprint density at radius 2 is 1.48 bits per heavy atom. The summed E-state index contributed by atoms with van der Waals surface area (Å²) in [5.74, 6) is -0.370. The maximum Gasteiger partial charge on any atom is 0.311 e. The number of esters is 2. The van der Waals surface area contributed by atoms with E-state index in [2.05, 4.69) is 10.8 Å². The number of carbonyl (C=O) groups is 2. The number of methoxy groups -OCH3 is 1. The van der Waals surface area contributed by atoms with Crippen LogP contribution in [0.5, 0.6) is 5.75 Å². The summed E-state index contributed by atoms with van der Waals surface area (Å²) in [4.78, 5) is 23.0. The van der Waals surface area contributed by atoms with Gasteiger partial charge in [-0.1, -0.05) is 36.4 Å². The minimum absolute atomic E-state index is 0.00333. The van der Waals surface area contributed by atoms with Crippen LogP contribution in [-0.2, 0) is 14.3 Å². The molecule has 0 aliphatic rings.